The molecule has 2 N–H and O–H groups in total. The predicted octanol–water partition coefficient (Wildman–Crippen LogP) is 2.03. The average molecular weight is 205 g/mol. The van der Waals surface area contributed by atoms with E-state index in [0.717, 1.165) is 24.5 Å². The average Bonchev–Trinajstić information content (AvgIpc) is 2.71. The molecule has 2 fully saturated rings. The summed E-state index contributed by atoms with van der Waals surface area (Å²) in [5.74, 6) is 0.735. The zero-order valence-electron chi connectivity index (χ0n) is 9.37. The molecule has 0 aliphatic heterocycles. The third kappa shape index (κ3) is 1.49. The molecule has 2 aliphatic carbocycles. The van der Waals surface area contributed by atoms with Gasteiger partial charge in [0.05, 0.1) is 11.2 Å². The first-order chi connectivity index (χ1) is 7.19. The Kier molecular flexibility index (Phi) is 1.93. The van der Waals surface area contributed by atoms with Crippen LogP contribution in [0.3, 0.4) is 0 Å². The molecule has 0 spiro atoms. The number of nitrogens with two attached hydrogens (primary N) is 1. The number of aromatic nitrogens is 2. The summed E-state index contributed by atoms with van der Waals surface area (Å²) in [5.41, 5.74) is 8.62. The molecule has 1 heterocycles. The number of hydrogen-bond donors (Lipinski definition) is 1. The van der Waals surface area contributed by atoms with Gasteiger partial charge in [-0.3, -0.25) is 4.68 Å². The smallest absolute Gasteiger partial charge is 0.0826 e. The zero-order valence-corrected chi connectivity index (χ0v) is 9.37. The van der Waals surface area contributed by atoms with Crippen LogP contribution in [0.4, 0.5) is 0 Å². The Balaban J connectivity index is 1.91. The molecule has 2 aliphatic rings. The SMILES string of the molecule is Cn1nc(C2(N)CC2)cc1C1CCCC1. The maximum atomic E-state index is 6.17. The van der Waals surface area contributed by atoms with Crippen molar-refractivity contribution in [3.8, 4) is 0 Å². The second kappa shape index (κ2) is 3.08. The van der Waals surface area contributed by atoms with Gasteiger partial charge in [-0.1, -0.05) is 12.8 Å². The lowest BCUT2D eigenvalue weighted by Gasteiger charge is -2.08. The van der Waals surface area contributed by atoms with Crippen LogP contribution in [0.15, 0.2) is 6.07 Å². The van der Waals surface area contributed by atoms with Gasteiger partial charge in [-0.15, -0.1) is 0 Å². The van der Waals surface area contributed by atoms with Gasteiger partial charge in [0.2, 0.25) is 0 Å². The van der Waals surface area contributed by atoms with E-state index in [2.05, 4.69) is 22.9 Å². The fraction of sp³-hybridized carbons (Fsp3) is 0.750. The van der Waals surface area contributed by atoms with Crippen LogP contribution in [0.5, 0.6) is 0 Å². The Hall–Kier alpha value is -0.830. The van der Waals surface area contributed by atoms with E-state index in [1.165, 1.54) is 31.4 Å². The van der Waals surface area contributed by atoms with Gasteiger partial charge in [0.1, 0.15) is 0 Å². The molecule has 3 rings (SSSR count). The van der Waals surface area contributed by atoms with E-state index >= 15 is 0 Å². The Labute approximate surface area is 90.7 Å². The summed E-state index contributed by atoms with van der Waals surface area (Å²) in [7, 11) is 2.06. The van der Waals surface area contributed by atoms with Gasteiger partial charge in [-0.05, 0) is 31.7 Å². The van der Waals surface area contributed by atoms with Crippen molar-refractivity contribution in [2.24, 2.45) is 12.8 Å². The molecule has 0 aromatic carbocycles. The molecule has 15 heavy (non-hydrogen) atoms. The van der Waals surface area contributed by atoms with Gasteiger partial charge in [0.25, 0.3) is 0 Å². The van der Waals surface area contributed by atoms with Gasteiger partial charge in [0, 0.05) is 18.7 Å². The maximum absolute atomic E-state index is 6.17. The predicted molar refractivity (Wildman–Crippen MR) is 59.5 cm³/mol. The van der Waals surface area contributed by atoms with Gasteiger partial charge >= 0.3 is 0 Å². The van der Waals surface area contributed by atoms with E-state index in [9.17, 15) is 0 Å². The molecule has 0 saturated heterocycles. The molecule has 0 amide bonds. The number of rotatable bonds is 2. The van der Waals surface area contributed by atoms with Crippen LogP contribution < -0.4 is 5.73 Å². The second-order valence-corrected chi connectivity index (χ2v) is 5.22. The minimum atomic E-state index is -0.0748. The zero-order chi connectivity index (χ0) is 10.5. The van der Waals surface area contributed by atoms with Crippen LogP contribution in [-0.2, 0) is 12.6 Å². The van der Waals surface area contributed by atoms with Crippen molar-refractivity contribution in [3.05, 3.63) is 17.5 Å². The summed E-state index contributed by atoms with van der Waals surface area (Å²) in [6, 6.07) is 2.25. The Morgan fingerprint density at radius 3 is 2.67 bits per heavy atom. The van der Waals surface area contributed by atoms with Crippen LogP contribution in [0, 0.1) is 0 Å². The van der Waals surface area contributed by atoms with Gasteiger partial charge in [-0.25, -0.2) is 0 Å². The minimum absolute atomic E-state index is 0.0748. The molecule has 82 valence electrons. The molecule has 2 saturated carbocycles. The van der Waals surface area contributed by atoms with Crippen LogP contribution in [0.1, 0.15) is 55.8 Å². The topological polar surface area (TPSA) is 43.8 Å². The van der Waals surface area contributed by atoms with Crippen molar-refractivity contribution in [2.45, 2.75) is 50.0 Å². The third-order valence-electron chi connectivity index (χ3n) is 3.99. The van der Waals surface area contributed by atoms with E-state index in [1.54, 1.807) is 0 Å². The van der Waals surface area contributed by atoms with E-state index in [-0.39, 0.29) is 5.54 Å². The Morgan fingerprint density at radius 1 is 1.40 bits per heavy atom. The Bertz CT molecular complexity index is 370. The highest BCUT2D eigenvalue weighted by molar-refractivity contribution is 5.26. The highest BCUT2D eigenvalue weighted by atomic mass is 15.3. The first-order valence-corrected chi connectivity index (χ1v) is 6.02. The van der Waals surface area contributed by atoms with Gasteiger partial charge in [-0.2, -0.15) is 5.10 Å². The monoisotopic (exact) mass is 205 g/mol. The molecule has 0 radical (unpaired) electrons. The van der Waals surface area contributed by atoms with Crippen molar-refractivity contribution >= 4 is 0 Å². The summed E-state index contributed by atoms with van der Waals surface area (Å²) < 4.78 is 2.05. The second-order valence-electron chi connectivity index (χ2n) is 5.22. The molecule has 0 unspecified atom stereocenters. The highest BCUT2D eigenvalue weighted by Gasteiger charge is 2.43. The summed E-state index contributed by atoms with van der Waals surface area (Å²) in [4.78, 5) is 0. The molecule has 1 aromatic heterocycles. The normalized spacial score (nSPS) is 24.7. The van der Waals surface area contributed by atoms with Crippen LogP contribution in [0.25, 0.3) is 0 Å². The number of nitrogens with zero attached hydrogens (tertiary/aromatic N) is 2. The lowest BCUT2D eigenvalue weighted by Crippen LogP contribution is -2.19. The van der Waals surface area contributed by atoms with E-state index in [0.29, 0.717) is 0 Å². The number of hydrogen-bond acceptors (Lipinski definition) is 2. The largest absolute Gasteiger partial charge is 0.320 e. The van der Waals surface area contributed by atoms with Crippen LogP contribution in [-0.4, -0.2) is 9.78 Å². The quantitative estimate of drug-likeness (QED) is 0.802. The van der Waals surface area contributed by atoms with Crippen molar-refractivity contribution in [3.63, 3.8) is 0 Å². The first-order valence-electron chi connectivity index (χ1n) is 6.02. The van der Waals surface area contributed by atoms with E-state index < -0.39 is 0 Å². The first kappa shape index (κ1) is 9.40. The molecule has 0 atom stereocenters. The molecular formula is C12H19N3. The summed E-state index contributed by atoms with van der Waals surface area (Å²) >= 11 is 0. The third-order valence-corrected chi connectivity index (χ3v) is 3.99. The van der Waals surface area contributed by atoms with Crippen LogP contribution in [0.2, 0.25) is 0 Å². The van der Waals surface area contributed by atoms with Crippen LogP contribution >= 0.6 is 0 Å². The molecule has 3 nitrogen and oxygen atoms in total. The number of aryl methyl sites for hydroxylation is 1. The van der Waals surface area contributed by atoms with Gasteiger partial charge < -0.3 is 5.73 Å². The molecule has 1 aromatic rings. The van der Waals surface area contributed by atoms with E-state index in [1.807, 2.05) is 0 Å². The lowest BCUT2D eigenvalue weighted by molar-refractivity contribution is 0.603. The molecular weight excluding hydrogens is 186 g/mol. The summed E-state index contributed by atoms with van der Waals surface area (Å²) in [5, 5.41) is 4.58. The van der Waals surface area contributed by atoms with Crippen molar-refractivity contribution in [1.82, 2.24) is 9.78 Å². The standard InChI is InChI=1S/C12H19N3/c1-15-10(9-4-2-3-5-9)8-11(14-15)12(13)6-7-12/h8-9H,2-7,13H2,1H3. The summed E-state index contributed by atoms with van der Waals surface area (Å²) in [6.45, 7) is 0. The molecule has 3 heteroatoms. The lowest BCUT2D eigenvalue weighted by atomic mass is 10.0. The summed E-state index contributed by atoms with van der Waals surface area (Å²) in [6.07, 6.45) is 7.62. The highest BCUT2D eigenvalue weighted by Crippen LogP contribution is 2.43. The Morgan fingerprint density at radius 2 is 2.07 bits per heavy atom. The van der Waals surface area contributed by atoms with Crippen molar-refractivity contribution < 1.29 is 0 Å². The fourth-order valence-corrected chi connectivity index (χ4v) is 2.72. The maximum Gasteiger partial charge on any atom is 0.0826 e. The molecule has 0 bridgehead atoms. The fourth-order valence-electron chi connectivity index (χ4n) is 2.72. The van der Waals surface area contributed by atoms with Crippen molar-refractivity contribution in [1.29, 1.82) is 0 Å². The minimum Gasteiger partial charge on any atom is -0.320 e. The van der Waals surface area contributed by atoms with Crippen molar-refractivity contribution in [2.75, 3.05) is 0 Å². The van der Waals surface area contributed by atoms with Gasteiger partial charge in [0.15, 0.2) is 0 Å². The van der Waals surface area contributed by atoms with E-state index in [4.69, 9.17) is 5.73 Å².